The van der Waals surface area contributed by atoms with E-state index in [0.717, 1.165) is 11.1 Å². The van der Waals surface area contributed by atoms with Gasteiger partial charge >= 0.3 is 12.1 Å². The summed E-state index contributed by atoms with van der Waals surface area (Å²) in [6.45, 7) is 4.25. The van der Waals surface area contributed by atoms with E-state index in [1.54, 1.807) is 14.0 Å². The fourth-order valence-electron chi connectivity index (χ4n) is 4.23. The number of aliphatic carboxylic acids is 1. The molecule has 0 saturated heterocycles. The van der Waals surface area contributed by atoms with Crippen LogP contribution in [0.5, 0.6) is 0 Å². The highest BCUT2D eigenvalue weighted by atomic mass is 16.5. The lowest BCUT2D eigenvalue weighted by Gasteiger charge is -2.22. The van der Waals surface area contributed by atoms with Gasteiger partial charge in [0.15, 0.2) is 0 Å². The highest BCUT2D eigenvalue weighted by molar-refractivity contribution is 5.79. The van der Waals surface area contributed by atoms with Gasteiger partial charge in [-0.05, 0) is 28.2 Å². The molecule has 33 heavy (non-hydrogen) atoms. The Kier molecular flexibility index (Phi) is 8.09. The number of carboxylic acid groups (broad SMARTS) is 1. The molecule has 0 aromatic heterocycles. The van der Waals surface area contributed by atoms with Gasteiger partial charge < -0.3 is 20.1 Å². The van der Waals surface area contributed by atoms with Gasteiger partial charge in [0, 0.05) is 32.5 Å². The first-order valence-corrected chi connectivity index (χ1v) is 11.4. The normalized spacial score (nSPS) is 14.0. The second-order valence-corrected chi connectivity index (χ2v) is 8.70. The van der Waals surface area contributed by atoms with E-state index in [1.165, 1.54) is 16.0 Å². The quantitative estimate of drug-likeness (QED) is 0.565. The zero-order chi connectivity index (χ0) is 24.0. The molecule has 0 fully saturated rings. The number of carboxylic acids is 1. The zero-order valence-electron chi connectivity index (χ0n) is 19.4. The van der Waals surface area contributed by atoms with Crippen LogP contribution in [0.2, 0.25) is 0 Å². The number of nitrogens with zero attached hydrogens (tertiary/aromatic N) is 1. The molecular weight excluding hydrogens is 420 g/mol. The smallest absolute Gasteiger partial charge is 0.407 e. The Labute approximate surface area is 194 Å². The minimum Gasteiger partial charge on any atom is -0.481 e. The molecule has 2 atom stereocenters. The van der Waals surface area contributed by atoms with Gasteiger partial charge in [-0.2, -0.15) is 0 Å². The number of carbonyl (C=O) groups is 3. The van der Waals surface area contributed by atoms with Crippen LogP contribution in [0.4, 0.5) is 4.79 Å². The standard InChI is InChI=1S/C26H32N2O5/c1-4-18(13-24(29)28(3)15-17(2)25(30)31)14-27-26(32)33-16-23-21-11-7-5-9-19(21)20-10-6-8-12-22(20)23/h5-12,17-18,23H,4,13-16H2,1-3H3,(H,27,32)(H,30,31). The molecule has 176 valence electrons. The number of rotatable bonds is 10. The minimum atomic E-state index is -0.932. The number of fused-ring (bicyclic) bond motifs is 3. The van der Waals surface area contributed by atoms with Crippen molar-refractivity contribution in [2.75, 3.05) is 26.7 Å². The van der Waals surface area contributed by atoms with E-state index < -0.39 is 18.0 Å². The fraction of sp³-hybridized carbons (Fsp3) is 0.423. The molecule has 0 bridgehead atoms. The van der Waals surface area contributed by atoms with Crippen molar-refractivity contribution in [1.82, 2.24) is 10.2 Å². The molecule has 0 radical (unpaired) electrons. The van der Waals surface area contributed by atoms with Crippen LogP contribution in [0.25, 0.3) is 11.1 Å². The average Bonchev–Trinajstić information content (AvgIpc) is 3.13. The first kappa shape index (κ1) is 24.3. The first-order chi connectivity index (χ1) is 15.8. The Morgan fingerprint density at radius 2 is 1.64 bits per heavy atom. The number of carbonyl (C=O) groups excluding carboxylic acids is 2. The Bertz CT molecular complexity index is 960. The molecule has 7 heteroatoms. The van der Waals surface area contributed by atoms with Gasteiger partial charge in [-0.15, -0.1) is 0 Å². The lowest BCUT2D eigenvalue weighted by molar-refractivity contribution is -0.142. The highest BCUT2D eigenvalue weighted by Crippen LogP contribution is 2.44. The molecule has 3 rings (SSSR count). The van der Waals surface area contributed by atoms with Crippen LogP contribution in [0.1, 0.15) is 43.7 Å². The summed E-state index contributed by atoms with van der Waals surface area (Å²) in [5, 5.41) is 11.8. The summed E-state index contributed by atoms with van der Waals surface area (Å²) in [5.74, 6) is -1.75. The molecule has 7 nitrogen and oxygen atoms in total. The Balaban J connectivity index is 1.50. The van der Waals surface area contributed by atoms with E-state index in [9.17, 15) is 14.4 Å². The lowest BCUT2D eigenvalue weighted by atomic mass is 9.98. The predicted octanol–water partition coefficient (Wildman–Crippen LogP) is 4.12. The third kappa shape index (κ3) is 5.92. The topological polar surface area (TPSA) is 95.9 Å². The number of hydrogen-bond acceptors (Lipinski definition) is 4. The molecule has 0 spiro atoms. The van der Waals surface area contributed by atoms with Crippen molar-refractivity contribution in [1.29, 1.82) is 0 Å². The van der Waals surface area contributed by atoms with Crippen molar-refractivity contribution in [3.63, 3.8) is 0 Å². The third-order valence-corrected chi connectivity index (χ3v) is 6.31. The van der Waals surface area contributed by atoms with Crippen LogP contribution in [0, 0.1) is 11.8 Å². The van der Waals surface area contributed by atoms with E-state index in [4.69, 9.17) is 9.84 Å². The molecular formula is C26H32N2O5. The van der Waals surface area contributed by atoms with Crippen molar-refractivity contribution >= 4 is 18.0 Å². The summed E-state index contributed by atoms with van der Waals surface area (Å²) in [4.78, 5) is 37.3. The second kappa shape index (κ2) is 11.0. The van der Waals surface area contributed by atoms with Crippen LogP contribution in [-0.2, 0) is 14.3 Å². The number of hydrogen-bond donors (Lipinski definition) is 2. The second-order valence-electron chi connectivity index (χ2n) is 8.70. The van der Waals surface area contributed by atoms with Gasteiger partial charge in [-0.3, -0.25) is 9.59 Å². The van der Waals surface area contributed by atoms with E-state index in [-0.39, 0.29) is 37.3 Å². The summed E-state index contributed by atoms with van der Waals surface area (Å²) in [5.41, 5.74) is 4.66. The Hall–Kier alpha value is -3.35. The summed E-state index contributed by atoms with van der Waals surface area (Å²) in [7, 11) is 1.60. The SMILES string of the molecule is CCC(CNC(=O)OCC1c2ccccc2-c2ccccc21)CC(=O)N(C)CC(C)C(=O)O. The Morgan fingerprint density at radius 1 is 1.06 bits per heavy atom. The third-order valence-electron chi connectivity index (χ3n) is 6.31. The molecule has 2 amide bonds. The highest BCUT2D eigenvalue weighted by Gasteiger charge is 2.29. The maximum atomic E-state index is 12.4. The maximum Gasteiger partial charge on any atom is 0.407 e. The van der Waals surface area contributed by atoms with Crippen molar-refractivity contribution in [3.8, 4) is 11.1 Å². The summed E-state index contributed by atoms with van der Waals surface area (Å²) in [6, 6.07) is 16.3. The summed E-state index contributed by atoms with van der Waals surface area (Å²) in [6.07, 6.45) is 0.441. The minimum absolute atomic E-state index is 0.00317. The van der Waals surface area contributed by atoms with Gasteiger partial charge in [-0.1, -0.05) is 68.8 Å². The number of alkyl carbamates (subject to hydrolysis) is 1. The van der Waals surface area contributed by atoms with Gasteiger partial charge in [-0.25, -0.2) is 4.79 Å². The van der Waals surface area contributed by atoms with E-state index in [2.05, 4.69) is 29.6 Å². The number of amides is 2. The summed E-state index contributed by atoms with van der Waals surface area (Å²) < 4.78 is 5.56. The van der Waals surface area contributed by atoms with Crippen LogP contribution in [0.3, 0.4) is 0 Å². The molecule has 0 aliphatic heterocycles. The number of benzene rings is 2. The van der Waals surface area contributed by atoms with Gasteiger partial charge in [0.1, 0.15) is 6.61 Å². The van der Waals surface area contributed by atoms with Crippen LogP contribution in [-0.4, -0.2) is 54.7 Å². The van der Waals surface area contributed by atoms with Crippen molar-refractivity contribution in [2.45, 2.75) is 32.6 Å². The van der Waals surface area contributed by atoms with E-state index in [1.807, 2.05) is 31.2 Å². The van der Waals surface area contributed by atoms with Crippen LogP contribution < -0.4 is 5.32 Å². The summed E-state index contributed by atoms with van der Waals surface area (Å²) >= 11 is 0. The van der Waals surface area contributed by atoms with Crippen molar-refractivity contribution in [3.05, 3.63) is 59.7 Å². The van der Waals surface area contributed by atoms with Gasteiger partial charge in [0.25, 0.3) is 0 Å². The van der Waals surface area contributed by atoms with Crippen molar-refractivity contribution in [2.24, 2.45) is 11.8 Å². The molecule has 2 unspecified atom stereocenters. The molecule has 2 aromatic rings. The number of ether oxygens (including phenoxy) is 1. The Morgan fingerprint density at radius 3 is 2.18 bits per heavy atom. The molecule has 1 aliphatic rings. The molecule has 2 aromatic carbocycles. The fourth-order valence-corrected chi connectivity index (χ4v) is 4.23. The maximum absolute atomic E-state index is 12.4. The van der Waals surface area contributed by atoms with E-state index in [0.29, 0.717) is 13.0 Å². The monoisotopic (exact) mass is 452 g/mol. The van der Waals surface area contributed by atoms with Crippen LogP contribution in [0.15, 0.2) is 48.5 Å². The molecule has 0 saturated carbocycles. The van der Waals surface area contributed by atoms with E-state index >= 15 is 0 Å². The molecule has 1 aliphatic carbocycles. The van der Waals surface area contributed by atoms with Crippen LogP contribution >= 0.6 is 0 Å². The van der Waals surface area contributed by atoms with Crippen molar-refractivity contribution < 1.29 is 24.2 Å². The molecule has 0 heterocycles. The van der Waals surface area contributed by atoms with Gasteiger partial charge in [0.05, 0.1) is 5.92 Å². The molecule has 2 N–H and O–H groups in total. The predicted molar refractivity (Wildman–Crippen MR) is 126 cm³/mol. The average molecular weight is 453 g/mol. The lowest BCUT2D eigenvalue weighted by Crippen LogP contribution is -2.37. The first-order valence-electron chi connectivity index (χ1n) is 11.4. The number of nitrogens with one attached hydrogen (secondary N) is 1. The largest absolute Gasteiger partial charge is 0.481 e. The zero-order valence-corrected chi connectivity index (χ0v) is 19.4. The van der Waals surface area contributed by atoms with Gasteiger partial charge in [0.2, 0.25) is 5.91 Å².